The molecule has 4 rings (SSSR count). The topological polar surface area (TPSA) is 125 Å². The number of fused-ring (bicyclic) bond motifs is 1. The number of halogens is 2. The second-order valence-corrected chi connectivity index (χ2v) is 13.6. The molecule has 10 nitrogen and oxygen atoms in total. The molecule has 3 aliphatic heterocycles. The molecular formula is C33H43BrClN3O7. The average Bonchev–Trinajstić information content (AvgIpc) is 3.59. The van der Waals surface area contributed by atoms with Crippen molar-refractivity contribution in [3.8, 4) is 0 Å². The van der Waals surface area contributed by atoms with Crippen LogP contribution in [0.15, 0.2) is 43.5 Å². The van der Waals surface area contributed by atoms with Gasteiger partial charge in [-0.3, -0.25) is 19.2 Å². The first kappa shape index (κ1) is 35.1. The predicted molar refractivity (Wildman–Crippen MR) is 175 cm³/mol. The molecule has 3 heterocycles. The van der Waals surface area contributed by atoms with Gasteiger partial charge in [0.15, 0.2) is 0 Å². The van der Waals surface area contributed by atoms with E-state index in [1.807, 2.05) is 13.0 Å². The number of aliphatic hydroxyl groups is 1. The van der Waals surface area contributed by atoms with Crippen molar-refractivity contribution in [3.05, 3.63) is 54.1 Å². The molecule has 1 unspecified atom stereocenters. The van der Waals surface area contributed by atoms with Gasteiger partial charge >= 0.3 is 5.97 Å². The normalized spacial score (nSPS) is 27.2. The molecule has 2 bridgehead atoms. The molecule has 2 N–H and O–H groups in total. The molecule has 1 spiro atoms. The van der Waals surface area contributed by atoms with E-state index in [2.05, 4.69) is 34.4 Å². The Bertz CT molecular complexity index is 1290. The molecule has 0 saturated carbocycles. The Morgan fingerprint density at radius 2 is 2.04 bits per heavy atom. The van der Waals surface area contributed by atoms with Crippen LogP contribution in [0.25, 0.3) is 0 Å². The van der Waals surface area contributed by atoms with Crippen molar-refractivity contribution in [2.75, 3.05) is 31.1 Å². The number of hydrogen-bond donors (Lipinski definition) is 2. The minimum atomic E-state index is -1.27. The summed E-state index contributed by atoms with van der Waals surface area (Å²) in [6, 6.07) is 4.35. The molecule has 0 radical (unpaired) electrons. The molecule has 3 amide bonds. The van der Waals surface area contributed by atoms with Crippen molar-refractivity contribution in [1.82, 2.24) is 10.2 Å². The minimum Gasteiger partial charge on any atom is -0.460 e. The molecule has 246 valence electrons. The first-order chi connectivity index (χ1) is 21.5. The zero-order valence-corrected chi connectivity index (χ0v) is 28.2. The second-order valence-electron chi connectivity index (χ2n) is 12.0. The molecule has 0 aromatic heterocycles. The fourth-order valence-corrected chi connectivity index (χ4v) is 8.19. The van der Waals surface area contributed by atoms with Crippen molar-refractivity contribution in [2.24, 2.45) is 11.8 Å². The number of hydrogen-bond acceptors (Lipinski definition) is 7. The molecule has 12 heteroatoms. The number of ether oxygens (including phenoxy) is 2. The molecule has 0 aliphatic carbocycles. The van der Waals surface area contributed by atoms with Gasteiger partial charge in [-0.15, -0.1) is 13.2 Å². The van der Waals surface area contributed by atoms with Crippen molar-refractivity contribution >= 4 is 56.9 Å². The van der Waals surface area contributed by atoms with Gasteiger partial charge in [0.25, 0.3) is 5.91 Å². The van der Waals surface area contributed by atoms with E-state index >= 15 is 0 Å². The van der Waals surface area contributed by atoms with E-state index in [0.29, 0.717) is 42.8 Å². The van der Waals surface area contributed by atoms with Crippen molar-refractivity contribution in [2.45, 2.75) is 81.1 Å². The highest BCUT2D eigenvalue weighted by molar-refractivity contribution is 9.09. The van der Waals surface area contributed by atoms with Crippen LogP contribution in [0.5, 0.6) is 0 Å². The number of rotatable bonds is 16. The Hall–Kier alpha value is -2.73. The zero-order chi connectivity index (χ0) is 32.9. The summed E-state index contributed by atoms with van der Waals surface area (Å²) in [5.41, 5.74) is 0.0387. The summed E-state index contributed by atoms with van der Waals surface area (Å²) in [4.78, 5) is 57.6. The maximum absolute atomic E-state index is 14.7. The first-order valence-corrected chi connectivity index (χ1v) is 16.8. The number of benzene rings is 1. The third kappa shape index (κ3) is 7.01. The van der Waals surface area contributed by atoms with Crippen molar-refractivity contribution < 1.29 is 33.8 Å². The number of nitrogens with zero attached hydrogens (tertiary/aromatic N) is 2. The van der Waals surface area contributed by atoms with Crippen LogP contribution in [-0.4, -0.2) is 88.6 Å². The molecule has 3 saturated heterocycles. The van der Waals surface area contributed by atoms with E-state index in [1.54, 1.807) is 41.0 Å². The lowest BCUT2D eigenvalue weighted by Gasteiger charge is -2.37. The number of aryl methyl sites for hydroxylation is 1. The van der Waals surface area contributed by atoms with E-state index in [9.17, 15) is 24.3 Å². The van der Waals surface area contributed by atoms with Crippen LogP contribution < -0.4 is 10.2 Å². The number of alkyl halides is 1. The number of nitrogens with one attached hydrogen (secondary N) is 1. The van der Waals surface area contributed by atoms with Crippen molar-refractivity contribution in [1.29, 1.82) is 0 Å². The van der Waals surface area contributed by atoms with Crippen LogP contribution in [0.3, 0.4) is 0 Å². The van der Waals surface area contributed by atoms with E-state index < -0.39 is 41.7 Å². The summed E-state index contributed by atoms with van der Waals surface area (Å²) in [5.74, 6) is -3.35. The van der Waals surface area contributed by atoms with E-state index in [0.717, 1.165) is 5.56 Å². The van der Waals surface area contributed by atoms with Crippen LogP contribution in [0, 0.1) is 18.8 Å². The summed E-state index contributed by atoms with van der Waals surface area (Å²) >= 11 is 10.3. The number of amides is 3. The Kier molecular flexibility index (Phi) is 11.9. The third-order valence-electron chi connectivity index (χ3n) is 8.87. The highest BCUT2D eigenvalue weighted by Gasteiger charge is 2.77. The summed E-state index contributed by atoms with van der Waals surface area (Å²) in [6.45, 7) is 11.6. The monoisotopic (exact) mass is 707 g/mol. The maximum atomic E-state index is 14.7. The second kappa shape index (κ2) is 15.2. The fraction of sp³-hybridized carbons (Fsp3) is 0.576. The largest absolute Gasteiger partial charge is 0.460 e. The van der Waals surface area contributed by atoms with Gasteiger partial charge in [0.2, 0.25) is 11.8 Å². The molecule has 1 aromatic rings. The van der Waals surface area contributed by atoms with Gasteiger partial charge in [-0.1, -0.05) is 51.8 Å². The fourth-order valence-electron chi connectivity index (χ4n) is 6.92. The quantitative estimate of drug-likeness (QED) is 0.115. The predicted octanol–water partition coefficient (Wildman–Crippen LogP) is 4.09. The number of likely N-dealkylation sites (tertiary alicyclic amines) is 1. The first-order valence-electron chi connectivity index (χ1n) is 15.5. The molecule has 45 heavy (non-hydrogen) atoms. The van der Waals surface area contributed by atoms with Gasteiger partial charge in [-0.25, -0.2) is 0 Å². The van der Waals surface area contributed by atoms with Crippen LogP contribution >= 0.6 is 27.5 Å². The number of esters is 1. The summed E-state index contributed by atoms with van der Waals surface area (Å²) < 4.78 is 12.4. The van der Waals surface area contributed by atoms with E-state index in [4.69, 9.17) is 21.1 Å². The highest BCUT2D eigenvalue weighted by atomic mass is 79.9. The number of unbranched alkanes of at least 4 members (excludes halogenated alkanes) is 2. The smallest absolute Gasteiger partial charge is 0.312 e. The third-order valence-corrected chi connectivity index (χ3v) is 10.0. The van der Waals surface area contributed by atoms with Crippen molar-refractivity contribution in [3.63, 3.8) is 0 Å². The van der Waals surface area contributed by atoms with Crippen LogP contribution in [-0.2, 0) is 28.7 Å². The molecule has 1 aromatic carbocycles. The Labute approximate surface area is 278 Å². The summed E-state index contributed by atoms with van der Waals surface area (Å²) in [7, 11) is 0. The van der Waals surface area contributed by atoms with Crippen LogP contribution in [0.2, 0.25) is 5.02 Å². The van der Waals surface area contributed by atoms with Gasteiger partial charge in [-0.05, 0) is 57.6 Å². The Morgan fingerprint density at radius 1 is 1.29 bits per heavy atom. The number of anilines is 1. The molecule has 3 aliphatic rings. The number of allylic oxidation sites excluding steroid dienone is 1. The maximum Gasteiger partial charge on any atom is 0.312 e. The van der Waals surface area contributed by atoms with Gasteiger partial charge in [0, 0.05) is 30.9 Å². The number of para-hydroxylation sites is 1. The lowest BCUT2D eigenvalue weighted by atomic mass is 9.70. The van der Waals surface area contributed by atoms with Crippen LogP contribution in [0.1, 0.15) is 51.0 Å². The molecular weight excluding hydrogens is 666 g/mol. The lowest BCUT2D eigenvalue weighted by Crippen LogP contribution is -2.57. The Morgan fingerprint density at radius 3 is 2.71 bits per heavy atom. The molecule has 3 fully saturated rings. The van der Waals surface area contributed by atoms with Crippen LogP contribution in [0.4, 0.5) is 5.69 Å². The SMILES string of the molecule is C=CCCC(=O)NC[C@H](C)OC(=O)[C@H]1[C@@H]2O[C@@]3(CC2Br)[C@@H]1C(=O)N(CCCCCO)[C@@H]3C(=O)N(CC=C)c1c(C)cccc1Cl. The van der Waals surface area contributed by atoms with E-state index in [-0.39, 0.29) is 55.2 Å². The summed E-state index contributed by atoms with van der Waals surface area (Å²) in [6.07, 6.45) is 4.89. The summed E-state index contributed by atoms with van der Waals surface area (Å²) in [5, 5.41) is 12.5. The zero-order valence-electron chi connectivity index (χ0n) is 25.9. The molecule has 7 atom stereocenters. The van der Waals surface area contributed by atoms with Gasteiger partial charge in [0.1, 0.15) is 17.7 Å². The number of aliphatic hydroxyl groups excluding tert-OH is 1. The van der Waals surface area contributed by atoms with E-state index in [1.165, 1.54) is 0 Å². The average molecular weight is 709 g/mol. The van der Waals surface area contributed by atoms with Gasteiger partial charge in [-0.2, -0.15) is 0 Å². The minimum absolute atomic E-state index is 0.0264. The van der Waals surface area contributed by atoms with Gasteiger partial charge in [0.05, 0.1) is 35.2 Å². The number of carbonyl (C=O) groups excluding carboxylic acids is 4. The lowest BCUT2D eigenvalue weighted by molar-refractivity contribution is -0.159. The van der Waals surface area contributed by atoms with Gasteiger partial charge < -0.3 is 29.7 Å². The highest BCUT2D eigenvalue weighted by Crippen LogP contribution is 2.60. The standard InChI is InChI=1S/C33H43BrClN3O7/c1-5-7-14-24(40)36-19-21(4)44-32(43)25-26-30(41)38(16-9-8-10-17-39)29(33(26)18-22(34)28(25)45-33)31(42)37(15-6-2)27-20(3)12-11-13-23(27)35/h5-6,11-13,21-22,25-26,28-29,39H,1-2,7-10,14-19H2,3-4H3,(H,36,40)/t21-,22?,25+,26-,28+,29+,33-/m0/s1. The Balaban J connectivity index is 1.66. The number of carbonyl (C=O) groups is 4.